The Kier molecular flexibility index (Phi) is 5.23. The summed E-state index contributed by atoms with van der Waals surface area (Å²) in [7, 11) is 0. The summed E-state index contributed by atoms with van der Waals surface area (Å²) in [4.78, 5) is 13.4. The van der Waals surface area contributed by atoms with Crippen LogP contribution in [0.5, 0.6) is 0 Å². The molecule has 2 aromatic carbocycles. The molecule has 0 aromatic heterocycles. The normalized spacial score (nSPS) is 18.3. The number of anilines is 1. The highest BCUT2D eigenvalue weighted by Gasteiger charge is 2.24. The van der Waals surface area contributed by atoms with Gasteiger partial charge in [-0.25, -0.2) is 4.39 Å². The highest BCUT2D eigenvalue weighted by molar-refractivity contribution is 5.88. The number of carbonyl (C=O) groups is 1. The third-order valence-corrected chi connectivity index (χ3v) is 4.25. The van der Waals surface area contributed by atoms with Crippen molar-refractivity contribution in [2.45, 2.75) is 19.5 Å². The van der Waals surface area contributed by atoms with Gasteiger partial charge in [0.25, 0.3) is 0 Å². The summed E-state index contributed by atoms with van der Waals surface area (Å²) in [6.07, 6.45) is 0. The van der Waals surface area contributed by atoms with Crippen molar-refractivity contribution in [3.05, 3.63) is 65.5 Å². The number of carbonyl (C=O) groups excluding carboxylic acids is 1. The van der Waals surface area contributed by atoms with Crippen LogP contribution in [-0.4, -0.2) is 30.4 Å². The first-order valence-corrected chi connectivity index (χ1v) is 8.18. The smallest absolute Gasteiger partial charge is 0.221 e. The molecule has 1 aliphatic heterocycles. The molecule has 0 spiro atoms. The van der Waals surface area contributed by atoms with Crippen LogP contribution in [0.15, 0.2) is 48.5 Å². The quantitative estimate of drug-likeness (QED) is 0.907. The molecule has 0 saturated carbocycles. The van der Waals surface area contributed by atoms with Gasteiger partial charge in [-0.05, 0) is 35.4 Å². The van der Waals surface area contributed by atoms with Crippen LogP contribution in [-0.2, 0) is 11.3 Å². The number of nitrogens with one attached hydrogen (secondary N) is 2. The minimum Gasteiger partial charge on any atom is -0.326 e. The van der Waals surface area contributed by atoms with E-state index in [1.165, 1.54) is 18.6 Å². The molecule has 1 saturated heterocycles. The summed E-state index contributed by atoms with van der Waals surface area (Å²) in [6.45, 7) is 4.94. The number of rotatable bonds is 4. The van der Waals surface area contributed by atoms with Gasteiger partial charge in [0.05, 0.1) is 0 Å². The summed E-state index contributed by atoms with van der Waals surface area (Å²) < 4.78 is 13.6. The van der Waals surface area contributed by atoms with E-state index in [0.29, 0.717) is 0 Å². The van der Waals surface area contributed by atoms with Crippen molar-refractivity contribution >= 4 is 11.6 Å². The summed E-state index contributed by atoms with van der Waals surface area (Å²) in [6, 6.07) is 14.9. The molecule has 1 unspecified atom stereocenters. The SMILES string of the molecule is CC(=O)Nc1ccc(CN2CCNCC2c2cccc(F)c2)cc1. The molecule has 5 heteroatoms. The summed E-state index contributed by atoms with van der Waals surface area (Å²) in [5, 5.41) is 6.16. The third kappa shape index (κ3) is 4.19. The van der Waals surface area contributed by atoms with Crippen molar-refractivity contribution in [3.8, 4) is 0 Å². The van der Waals surface area contributed by atoms with E-state index in [0.717, 1.165) is 37.4 Å². The number of benzene rings is 2. The number of amides is 1. The Hall–Kier alpha value is -2.24. The van der Waals surface area contributed by atoms with Crippen LogP contribution in [0, 0.1) is 5.82 Å². The Bertz CT molecular complexity index is 702. The average Bonchev–Trinajstić information content (AvgIpc) is 2.57. The molecule has 0 aliphatic carbocycles. The van der Waals surface area contributed by atoms with Crippen LogP contribution in [0.3, 0.4) is 0 Å². The maximum absolute atomic E-state index is 13.6. The fraction of sp³-hybridized carbons (Fsp3) is 0.316. The summed E-state index contributed by atoms with van der Waals surface area (Å²) in [5.74, 6) is -0.270. The number of halogens is 1. The molecule has 1 aliphatic rings. The zero-order valence-corrected chi connectivity index (χ0v) is 13.8. The van der Waals surface area contributed by atoms with Crippen molar-refractivity contribution in [2.75, 3.05) is 25.0 Å². The van der Waals surface area contributed by atoms with Gasteiger partial charge in [-0.3, -0.25) is 9.69 Å². The average molecular weight is 327 g/mol. The van der Waals surface area contributed by atoms with E-state index >= 15 is 0 Å². The van der Waals surface area contributed by atoms with Crippen molar-refractivity contribution in [1.29, 1.82) is 0 Å². The Balaban J connectivity index is 1.73. The lowest BCUT2D eigenvalue weighted by Gasteiger charge is -2.36. The Morgan fingerprint density at radius 3 is 2.79 bits per heavy atom. The second-order valence-electron chi connectivity index (χ2n) is 6.12. The number of hydrogen-bond donors (Lipinski definition) is 2. The molecule has 2 aromatic rings. The first kappa shape index (κ1) is 16.6. The Morgan fingerprint density at radius 1 is 1.29 bits per heavy atom. The van der Waals surface area contributed by atoms with Gasteiger partial charge in [0.2, 0.25) is 5.91 Å². The van der Waals surface area contributed by atoms with Gasteiger partial charge in [-0.2, -0.15) is 0 Å². The predicted octanol–water partition coefficient (Wildman–Crippen LogP) is 2.93. The first-order valence-electron chi connectivity index (χ1n) is 8.18. The molecule has 1 atom stereocenters. The van der Waals surface area contributed by atoms with E-state index in [2.05, 4.69) is 15.5 Å². The minimum atomic E-state index is -0.197. The zero-order valence-electron chi connectivity index (χ0n) is 13.8. The van der Waals surface area contributed by atoms with E-state index < -0.39 is 0 Å². The van der Waals surface area contributed by atoms with Gasteiger partial charge >= 0.3 is 0 Å². The molecule has 24 heavy (non-hydrogen) atoms. The number of hydrogen-bond acceptors (Lipinski definition) is 3. The zero-order chi connectivity index (χ0) is 16.9. The highest BCUT2D eigenvalue weighted by Crippen LogP contribution is 2.25. The lowest BCUT2D eigenvalue weighted by atomic mass is 10.0. The summed E-state index contributed by atoms with van der Waals surface area (Å²) in [5.41, 5.74) is 2.97. The van der Waals surface area contributed by atoms with Gasteiger partial charge < -0.3 is 10.6 Å². The van der Waals surface area contributed by atoms with Gasteiger partial charge in [0.15, 0.2) is 0 Å². The molecule has 1 fully saturated rings. The summed E-state index contributed by atoms with van der Waals surface area (Å²) >= 11 is 0. The van der Waals surface area contributed by atoms with Crippen LogP contribution < -0.4 is 10.6 Å². The largest absolute Gasteiger partial charge is 0.326 e. The monoisotopic (exact) mass is 327 g/mol. The highest BCUT2D eigenvalue weighted by atomic mass is 19.1. The topological polar surface area (TPSA) is 44.4 Å². The molecule has 2 N–H and O–H groups in total. The Labute approximate surface area is 141 Å². The third-order valence-electron chi connectivity index (χ3n) is 4.25. The van der Waals surface area contributed by atoms with Gasteiger partial charge in [0, 0.05) is 44.8 Å². The van der Waals surface area contributed by atoms with Crippen LogP contribution >= 0.6 is 0 Å². The van der Waals surface area contributed by atoms with Crippen molar-refractivity contribution < 1.29 is 9.18 Å². The standard InChI is InChI=1S/C19H22FN3O/c1-14(24)22-18-7-5-15(6-8-18)13-23-10-9-21-12-19(23)16-3-2-4-17(20)11-16/h2-8,11,19,21H,9-10,12-13H2,1H3,(H,22,24). The molecule has 0 bridgehead atoms. The van der Waals surface area contributed by atoms with Crippen molar-refractivity contribution in [3.63, 3.8) is 0 Å². The fourth-order valence-corrected chi connectivity index (χ4v) is 3.11. The molecular weight excluding hydrogens is 305 g/mol. The maximum Gasteiger partial charge on any atom is 0.221 e. The molecule has 3 rings (SSSR count). The lowest BCUT2D eigenvalue weighted by molar-refractivity contribution is -0.114. The molecule has 4 nitrogen and oxygen atoms in total. The van der Waals surface area contributed by atoms with E-state index in [1.54, 1.807) is 12.1 Å². The fourth-order valence-electron chi connectivity index (χ4n) is 3.11. The predicted molar refractivity (Wildman–Crippen MR) is 93.2 cm³/mol. The van der Waals surface area contributed by atoms with E-state index in [4.69, 9.17) is 0 Å². The molecule has 126 valence electrons. The van der Waals surface area contributed by atoms with E-state index in [9.17, 15) is 9.18 Å². The molecule has 1 heterocycles. The maximum atomic E-state index is 13.6. The minimum absolute atomic E-state index is 0.0731. The van der Waals surface area contributed by atoms with Crippen molar-refractivity contribution in [2.24, 2.45) is 0 Å². The number of nitrogens with zero attached hydrogens (tertiary/aromatic N) is 1. The first-order chi connectivity index (χ1) is 11.6. The van der Waals surface area contributed by atoms with Gasteiger partial charge in [0.1, 0.15) is 5.82 Å². The van der Waals surface area contributed by atoms with E-state index in [-0.39, 0.29) is 17.8 Å². The van der Waals surface area contributed by atoms with Crippen LogP contribution in [0.2, 0.25) is 0 Å². The van der Waals surface area contributed by atoms with Gasteiger partial charge in [-0.15, -0.1) is 0 Å². The van der Waals surface area contributed by atoms with E-state index in [1.807, 2.05) is 30.3 Å². The molecular formula is C19H22FN3O. The van der Waals surface area contributed by atoms with Crippen LogP contribution in [0.1, 0.15) is 24.1 Å². The molecule has 1 amide bonds. The second kappa shape index (κ2) is 7.55. The second-order valence-corrected chi connectivity index (χ2v) is 6.12. The Morgan fingerprint density at radius 2 is 2.08 bits per heavy atom. The lowest BCUT2D eigenvalue weighted by Crippen LogP contribution is -2.45. The van der Waals surface area contributed by atoms with Crippen molar-refractivity contribution in [1.82, 2.24) is 10.2 Å². The van der Waals surface area contributed by atoms with Crippen LogP contribution in [0.25, 0.3) is 0 Å². The van der Waals surface area contributed by atoms with Crippen LogP contribution in [0.4, 0.5) is 10.1 Å². The van der Waals surface area contributed by atoms with Gasteiger partial charge in [-0.1, -0.05) is 24.3 Å². The number of piperazine rings is 1. The molecule has 0 radical (unpaired) electrons.